The minimum absolute atomic E-state index is 0.0443. The molecule has 0 saturated carbocycles. The zero-order chi connectivity index (χ0) is 12.4. The van der Waals surface area contributed by atoms with Crippen LogP contribution in [0.1, 0.15) is 10.4 Å². The fourth-order valence-electron chi connectivity index (χ4n) is 1.72. The van der Waals surface area contributed by atoms with E-state index in [0.717, 1.165) is 0 Å². The van der Waals surface area contributed by atoms with Crippen molar-refractivity contribution in [1.82, 2.24) is 9.88 Å². The number of carbonyl (C=O) groups is 2. The van der Waals surface area contributed by atoms with Crippen LogP contribution in [0, 0.1) is 0 Å². The van der Waals surface area contributed by atoms with E-state index in [2.05, 4.69) is 4.98 Å². The number of anilines is 1. The highest BCUT2D eigenvalue weighted by atomic mass is 16.2. The third kappa shape index (κ3) is 2.12. The zero-order valence-corrected chi connectivity index (χ0v) is 9.59. The number of nitrogens with two attached hydrogens (primary N) is 1. The highest BCUT2D eigenvalue weighted by Gasteiger charge is 2.27. The van der Waals surface area contributed by atoms with E-state index in [0.29, 0.717) is 24.5 Å². The molecule has 2 heterocycles. The quantitative estimate of drug-likeness (QED) is 0.752. The van der Waals surface area contributed by atoms with Gasteiger partial charge in [-0.1, -0.05) is 0 Å². The highest BCUT2D eigenvalue weighted by Crippen LogP contribution is 2.18. The fourth-order valence-corrected chi connectivity index (χ4v) is 1.72. The SMILES string of the molecule is CN1CCN(c2cc(C(=O)CN)ccn2)C1=O. The third-order valence-electron chi connectivity index (χ3n) is 2.75. The van der Waals surface area contributed by atoms with Gasteiger partial charge in [0.2, 0.25) is 0 Å². The van der Waals surface area contributed by atoms with Gasteiger partial charge in [0.25, 0.3) is 0 Å². The van der Waals surface area contributed by atoms with Crippen molar-refractivity contribution in [3.8, 4) is 0 Å². The van der Waals surface area contributed by atoms with Crippen molar-refractivity contribution in [3.05, 3.63) is 23.9 Å². The van der Waals surface area contributed by atoms with Crippen LogP contribution in [0.25, 0.3) is 0 Å². The monoisotopic (exact) mass is 234 g/mol. The van der Waals surface area contributed by atoms with Gasteiger partial charge in [-0.15, -0.1) is 0 Å². The lowest BCUT2D eigenvalue weighted by molar-refractivity contribution is 0.100. The van der Waals surface area contributed by atoms with E-state index in [4.69, 9.17) is 5.73 Å². The number of hydrogen-bond acceptors (Lipinski definition) is 4. The summed E-state index contributed by atoms with van der Waals surface area (Å²) in [6.07, 6.45) is 1.52. The smallest absolute Gasteiger partial charge is 0.325 e. The number of urea groups is 1. The van der Waals surface area contributed by atoms with Gasteiger partial charge in [-0.2, -0.15) is 0 Å². The maximum Gasteiger partial charge on any atom is 0.325 e. The van der Waals surface area contributed by atoms with Crippen molar-refractivity contribution >= 4 is 17.6 Å². The summed E-state index contributed by atoms with van der Waals surface area (Å²) in [5.74, 6) is 0.340. The summed E-state index contributed by atoms with van der Waals surface area (Å²) >= 11 is 0. The molecule has 0 atom stereocenters. The lowest BCUT2D eigenvalue weighted by Gasteiger charge is -2.15. The van der Waals surface area contributed by atoms with E-state index < -0.39 is 0 Å². The molecule has 0 unspecified atom stereocenters. The Kier molecular flexibility index (Phi) is 3.06. The molecule has 17 heavy (non-hydrogen) atoms. The number of nitrogens with zero attached hydrogens (tertiary/aromatic N) is 3. The first-order valence-corrected chi connectivity index (χ1v) is 5.35. The van der Waals surface area contributed by atoms with Crippen LogP contribution >= 0.6 is 0 Å². The van der Waals surface area contributed by atoms with Gasteiger partial charge in [0.05, 0.1) is 6.54 Å². The van der Waals surface area contributed by atoms with Crippen LogP contribution in [0.2, 0.25) is 0 Å². The van der Waals surface area contributed by atoms with E-state index >= 15 is 0 Å². The molecule has 1 aliphatic heterocycles. The van der Waals surface area contributed by atoms with Crippen molar-refractivity contribution in [1.29, 1.82) is 0 Å². The maximum absolute atomic E-state index is 11.8. The van der Waals surface area contributed by atoms with Crippen molar-refractivity contribution in [2.45, 2.75) is 0 Å². The first kappa shape index (κ1) is 11.5. The van der Waals surface area contributed by atoms with E-state index in [1.54, 1.807) is 29.0 Å². The summed E-state index contributed by atoms with van der Waals surface area (Å²) < 4.78 is 0. The zero-order valence-electron chi connectivity index (χ0n) is 9.59. The number of carbonyl (C=O) groups excluding carboxylic acids is 2. The minimum Gasteiger partial charge on any atom is -0.326 e. The van der Waals surface area contributed by atoms with E-state index in [1.807, 2.05) is 0 Å². The van der Waals surface area contributed by atoms with Gasteiger partial charge in [-0.25, -0.2) is 9.78 Å². The largest absolute Gasteiger partial charge is 0.326 e. The van der Waals surface area contributed by atoms with Crippen LogP contribution < -0.4 is 10.6 Å². The molecule has 6 nitrogen and oxygen atoms in total. The first-order valence-electron chi connectivity index (χ1n) is 5.35. The number of aromatic nitrogens is 1. The Balaban J connectivity index is 2.28. The lowest BCUT2D eigenvalue weighted by atomic mass is 10.2. The van der Waals surface area contributed by atoms with Gasteiger partial charge in [0.15, 0.2) is 5.78 Å². The van der Waals surface area contributed by atoms with Gasteiger partial charge >= 0.3 is 6.03 Å². The van der Waals surface area contributed by atoms with Crippen molar-refractivity contribution in [2.75, 3.05) is 31.6 Å². The molecular weight excluding hydrogens is 220 g/mol. The molecule has 0 aliphatic carbocycles. The Morgan fingerprint density at radius 1 is 1.53 bits per heavy atom. The standard InChI is InChI=1S/C11H14N4O2/c1-14-4-5-15(11(14)17)10-6-8(2-3-13-10)9(16)7-12/h2-3,6H,4-5,7,12H2,1H3. The summed E-state index contributed by atoms with van der Waals surface area (Å²) in [6, 6.07) is 3.10. The number of pyridine rings is 1. The molecule has 1 saturated heterocycles. The highest BCUT2D eigenvalue weighted by molar-refractivity contribution is 5.99. The average Bonchev–Trinajstić information content (AvgIpc) is 2.69. The lowest BCUT2D eigenvalue weighted by Crippen LogP contribution is -2.30. The Hall–Kier alpha value is -1.95. The molecule has 2 rings (SSSR count). The topological polar surface area (TPSA) is 79.5 Å². The molecule has 1 fully saturated rings. The second-order valence-electron chi connectivity index (χ2n) is 3.89. The van der Waals surface area contributed by atoms with Gasteiger partial charge in [0, 0.05) is 31.9 Å². The predicted octanol–water partition coefficient (Wildman–Crippen LogP) is 0.0948. The molecule has 1 aromatic rings. The number of hydrogen-bond donors (Lipinski definition) is 1. The third-order valence-corrected chi connectivity index (χ3v) is 2.75. The average molecular weight is 234 g/mol. The van der Waals surface area contributed by atoms with Gasteiger partial charge in [-0.3, -0.25) is 9.69 Å². The molecule has 0 aromatic carbocycles. The number of rotatable bonds is 3. The molecule has 2 amide bonds. The summed E-state index contributed by atoms with van der Waals surface area (Å²) in [4.78, 5) is 30.5. The van der Waals surface area contributed by atoms with Crippen LogP contribution in [0.15, 0.2) is 18.3 Å². The van der Waals surface area contributed by atoms with Crippen LogP contribution in [-0.4, -0.2) is 48.4 Å². The fraction of sp³-hybridized carbons (Fsp3) is 0.364. The molecule has 0 spiro atoms. The minimum atomic E-state index is -0.159. The molecule has 1 aliphatic rings. The molecule has 0 radical (unpaired) electrons. The predicted molar refractivity (Wildman–Crippen MR) is 63.0 cm³/mol. The number of amides is 2. The van der Waals surface area contributed by atoms with Crippen molar-refractivity contribution < 1.29 is 9.59 Å². The second-order valence-corrected chi connectivity index (χ2v) is 3.89. The van der Waals surface area contributed by atoms with Gasteiger partial charge < -0.3 is 10.6 Å². The van der Waals surface area contributed by atoms with E-state index in [1.165, 1.54) is 6.20 Å². The molecule has 6 heteroatoms. The number of Topliss-reactive ketones (excluding diaryl/α,β-unsaturated/α-hetero) is 1. The summed E-state index contributed by atoms with van der Waals surface area (Å²) in [5.41, 5.74) is 5.78. The van der Waals surface area contributed by atoms with Gasteiger partial charge in [0.1, 0.15) is 5.82 Å². The van der Waals surface area contributed by atoms with Crippen LogP contribution in [0.3, 0.4) is 0 Å². The Morgan fingerprint density at radius 2 is 2.29 bits per heavy atom. The molecule has 2 N–H and O–H groups in total. The van der Waals surface area contributed by atoms with Gasteiger partial charge in [-0.05, 0) is 12.1 Å². The van der Waals surface area contributed by atoms with Crippen LogP contribution in [0.4, 0.5) is 10.6 Å². The summed E-state index contributed by atoms with van der Waals surface area (Å²) in [7, 11) is 1.73. The second kappa shape index (κ2) is 4.50. The number of ketones is 1. The Morgan fingerprint density at radius 3 is 2.88 bits per heavy atom. The van der Waals surface area contributed by atoms with Crippen LogP contribution in [-0.2, 0) is 0 Å². The van der Waals surface area contributed by atoms with E-state index in [-0.39, 0.29) is 18.4 Å². The van der Waals surface area contributed by atoms with Crippen molar-refractivity contribution in [2.24, 2.45) is 5.73 Å². The Labute approximate surface area is 99.0 Å². The molecular formula is C11H14N4O2. The summed E-state index contributed by atoms with van der Waals surface area (Å²) in [5, 5.41) is 0. The normalized spacial score (nSPS) is 15.5. The van der Waals surface area contributed by atoms with Crippen molar-refractivity contribution in [3.63, 3.8) is 0 Å². The first-order chi connectivity index (χ1) is 8.13. The van der Waals surface area contributed by atoms with Crippen LogP contribution in [0.5, 0.6) is 0 Å². The Bertz CT molecular complexity index is 461. The van der Waals surface area contributed by atoms with E-state index in [9.17, 15) is 9.59 Å². The molecule has 90 valence electrons. The summed E-state index contributed by atoms with van der Waals surface area (Å²) in [6.45, 7) is 1.20. The number of likely N-dealkylation sites (N-methyl/N-ethyl adjacent to an activating group) is 1. The molecule has 0 bridgehead atoms. The molecule has 1 aromatic heterocycles. The maximum atomic E-state index is 11.8.